The highest BCUT2D eigenvalue weighted by Gasteiger charge is 2.15. The first kappa shape index (κ1) is 14.5. The summed E-state index contributed by atoms with van der Waals surface area (Å²) < 4.78 is 0. The first-order chi connectivity index (χ1) is 9.24. The first-order valence-corrected chi connectivity index (χ1v) is 7.84. The van der Waals surface area contributed by atoms with Gasteiger partial charge in [0, 0.05) is 34.6 Å². The van der Waals surface area contributed by atoms with Crippen molar-refractivity contribution in [2.45, 2.75) is 32.7 Å². The zero-order valence-corrected chi connectivity index (χ0v) is 12.9. The maximum atomic E-state index is 6.25. The lowest BCUT2D eigenvalue weighted by Gasteiger charge is -2.18. The molecule has 0 spiro atoms. The Balaban J connectivity index is 2.18. The summed E-state index contributed by atoms with van der Waals surface area (Å²) >= 11 is 8.14. The summed E-state index contributed by atoms with van der Waals surface area (Å²) in [5.74, 6) is 0. The number of hydrogen-bond donors (Lipinski definition) is 1. The zero-order valence-electron chi connectivity index (χ0n) is 11.3. The number of aromatic nitrogens is 1. The minimum absolute atomic E-state index is 0.254. The fraction of sp³-hybridized carbons (Fsp3) is 0.400. The predicted molar refractivity (Wildman–Crippen MR) is 83.1 cm³/mol. The van der Waals surface area contributed by atoms with Crippen LogP contribution < -0.4 is 5.32 Å². The van der Waals surface area contributed by atoms with Crippen molar-refractivity contribution in [2.24, 2.45) is 0 Å². The molecule has 1 N–H and O–H groups in total. The fourth-order valence-electron chi connectivity index (χ4n) is 2.13. The van der Waals surface area contributed by atoms with Crippen LogP contribution in [0.3, 0.4) is 0 Å². The molecule has 2 aromatic heterocycles. The van der Waals surface area contributed by atoms with Crippen molar-refractivity contribution in [3.63, 3.8) is 0 Å². The highest BCUT2D eigenvalue weighted by atomic mass is 35.5. The number of rotatable bonds is 6. The van der Waals surface area contributed by atoms with E-state index in [1.165, 1.54) is 9.75 Å². The number of aryl methyl sites for hydroxylation is 1. The van der Waals surface area contributed by atoms with Crippen LogP contribution in [0.1, 0.15) is 35.2 Å². The first-order valence-electron chi connectivity index (χ1n) is 6.65. The molecule has 1 unspecified atom stereocenters. The molecule has 2 aromatic rings. The second-order valence-electron chi connectivity index (χ2n) is 4.43. The quantitative estimate of drug-likeness (QED) is 0.861. The van der Waals surface area contributed by atoms with Gasteiger partial charge in [-0.2, -0.15) is 0 Å². The molecule has 0 aliphatic rings. The van der Waals surface area contributed by atoms with Crippen molar-refractivity contribution in [3.8, 4) is 0 Å². The van der Waals surface area contributed by atoms with E-state index in [1.807, 2.05) is 17.4 Å². The van der Waals surface area contributed by atoms with Crippen molar-refractivity contribution in [2.75, 3.05) is 6.54 Å². The molecular weight excluding hydrogens is 276 g/mol. The zero-order chi connectivity index (χ0) is 13.7. The predicted octanol–water partition coefficient (Wildman–Crippen LogP) is 4.25. The number of thiophene rings is 1. The van der Waals surface area contributed by atoms with Crippen LogP contribution in [0.15, 0.2) is 30.6 Å². The maximum absolute atomic E-state index is 6.25. The van der Waals surface area contributed by atoms with E-state index in [0.717, 1.165) is 30.0 Å². The standard InChI is InChI=1S/C15H19ClN2S/c1-3-11-5-6-12(19-11)9-15(18-4-2)13-7-8-17-10-14(13)16/h5-8,10,15,18H,3-4,9H2,1-2H3. The van der Waals surface area contributed by atoms with E-state index in [0.29, 0.717) is 0 Å². The van der Waals surface area contributed by atoms with E-state index in [4.69, 9.17) is 11.6 Å². The maximum Gasteiger partial charge on any atom is 0.0637 e. The Morgan fingerprint density at radius 1 is 1.26 bits per heavy atom. The van der Waals surface area contributed by atoms with E-state index in [2.05, 4.69) is 36.3 Å². The molecule has 1 atom stereocenters. The highest BCUT2D eigenvalue weighted by molar-refractivity contribution is 7.11. The summed E-state index contributed by atoms with van der Waals surface area (Å²) in [6, 6.07) is 6.70. The van der Waals surface area contributed by atoms with Gasteiger partial charge in [-0.25, -0.2) is 0 Å². The Labute approximate surface area is 123 Å². The third-order valence-electron chi connectivity index (χ3n) is 3.10. The average molecular weight is 295 g/mol. The molecule has 0 aliphatic carbocycles. The second kappa shape index (κ2) is 7.04. The molecule has 0 radical (unpaired) electrons. The van der Waals surface area contributed by atoms with Crippen LogP contribution in [-0.4, -0.2) is 11.5 Å². The van der Waals surface area contributed by atoms with Crippen LogP contribution in [0.4, 0.5) is 0 Å². The van der Waals surface area contributed by atoms with Gasteiger partial charge < -0.3 is 5.32 Å². The van der Waals surface area contributed by atoms with Crippen molar-refractivity contribution < 1.29 is 0 Å². The van der Waals surface area contributed by atoms with Crippen molar-refractivity contribution in [3.05, 3.63) is 50.9 Å². The molecule has 0 fully saturated rings. The van der Waals surface area contributed by atoms with E-state index in [-0.39, 0.29) is 6.04 Å². The molecule has 2 rings (SSSR count). The van der Waals surface area contributed by atoms with Gasteiger partial charge in [0.05, 0.1) is 5.02 Å². The number of nitrogens with one attached hydrogen (secondary N) is 1. The molecule has 0 aromatic carbocycles. The summed E-state index contributed by atoms with van der Waals surface area (Å²) in [5.41, 5.74) is 1.13. The van der Waals surface area contributed by atoms with E-state index >= 15 is 0 Å². The molecule has 19 heavy (non-hydrogen) atoms. The third kappa shape index (κ3) is 3.78. The summed E-state index contributed by atoms with van der Waals surface area (Å²) in [4.78, 5) is 6.89. The minimum Gasteiger partial charge on any atom is -0.310 e. The number of likely N-dealkylation sites (N-methyl/N-ethyl adjacent to an activating group) is 1. The molecule has 0 bridgehead atoms. The Hall–Kier alpha value is -0.900. The second-order valence-corrected chi connectivity index (χ2v) is 6.09. The minimum atomic E-state index is 0.254. The van der Waals surface area contributed by atoms with Crippen molar-refractivity contribution >= 4 is 22.9 Å². The molecule has 0 aliphatic heterocycles. The lowest BCUT2D eigenvalue weighted by molar-refractivity contribution is 0.553. The average Bonchev–Trinajstić information content (AvgIpc) is 2.87. The lowest BCUT2D eigenvalue weighted by atomic mass is 10.0. The van der Waals surface area contributed by atoms with Crippen LogP contribution in [0, 0.1) is 0 Å². The van der Waals surface area contributed by atoms with Crippen LogP contribution >= 0.6 is 22.9 Å². The monoisotopic (exact) mass is 294 g/mol. The molecular formula is C15H19ClN2S. The normalized spacial score (nSPS) is 12.6. The van der Waals surface area contributed by atoms with Gasteiger partial charge in [-0.15, -0.1) is 11.3 Å². The van der Waals surface area contributed by atoms with Gasteiger partial charge in [-0.1, -0.05) is 25.4 Å². The fourth-order valence-corrected chi connectivity index (χ4v) is 3.38. The molecule has 0 saturated carbocycles. The van der Waals surface area contributed by atoms with E-state index in [9.17, 15) is 0 Å². The van der Waals surface area contributed by atoms with Gasteiger partial charge in [0.25, 0.3) is 0 Å². The summed E-state index contributed by atoms with van der Waals surface area (Å²) in [7, 11) is 0. The lowest BCUT2D eigenvalue weighted by Crippen LogP contribution is -2.23. The molecule has 4 heteroatoms. The van der Waals surface area contributed by atoms with Crippen molar-refractivity contribution in [1.29, 1.82) is 0 Å². The van der Waals surface area contributed by atoms with E-state index < -0.39 is 0 Å². The van der Waals surface area contributed by atoms with Gasteiger partial charge in [0.15, 0.2) is 0 Å². The summed E-state index contributed by atoms with van der Waals surface area (Å²) in [5, 5.41) is 4.25. The smallest absolute Gasteiger partial charge is 0.0637 e. The van der Waals surface area contributed by atoms with Crippen molar-refractivity contribution in [1.82, 2.24) is 10.3 Å². The van der Waals surface area contributed by atoms with Crippen LogP contribution in [0.25, 0.3) is 0 Å². The highest BCUT2D eigenvalue weighted by Crippen LogP contribution is 2.27. The SMILES string of the molecule is CCNC(Cc1ccc(CC)s1)c1ccncc1Cl. The largest absolute Gasteiger partial charge is 0.310 e. The molecule has 0 amide bonds. The number of hydrogen-bond acceptors (Lipinski definition) is 3. The number of nitrogens with zero attached hydrogens (tertiary/aromatic N) is 1. The summed E-state index contributed by atoms with van der Waals surface area (Å²) in [6.45, 7) is 5.24. The topological polar surface area (TPSA) is 24.9 Å². The van der Waals surface area contributed by atoms with E-state index in [1.54, 1.807) is 12.4 Å². The number of halogens is 1. The van der Waals surface area contributed by atoms with Gasteiger partial charge >= 0.3 is 0 Å². The summed E-state index contributed by atoms with van der Waals surface area (Å²) in [6.07, 6.45) is 5.60. The van der Waals surface area contributed by atoms with Gasteiger partial charge in [-0.3, -0.25) is 4.98 Å². The Morgan fingerprint density at radius 3 is 2.68 bits per heavy atom. The Bertz CT molecular complexity index is 524. The Kier molecular flexibility index (Phi) is 5.37. The number of pyridine rings is 1. The molecule has 102 valence electrons. The van der Waals surface area contributed by atoms with Crippen LogP contribution in [0.2, 0.25) is 5.02 Å². The van der Waals surface area contributed by atoms with Crippen LogP contribution in [-0.2, 0) is 12.8 Å². The Morgan fingerprint density at radius 2 is 2.05 bits per heavy atom. The molecule has 2 nitrogen and oxygen atoms in total. The van der Waals surface area contributed by atoms with Gasteiger partial charge in [-0.05, 0) is 36.7 Å². The van der Waals surface area contributed by atoms with Gasteiger partial charge in [0.1, 0.15) is 0 Å². The molecule has 2 heterocycles. The van der Waals surface area contributed by atoms with Gasteiger partial charge in [0.2, 0.25) is 0 Å². The van der Waals surface area contributed by atoms with Crippen LogP contribution in [0.5, 0.6) is 0 Å². The third-order valence-corrected chi connectivity index (χ3v) is 4.67. The molecule has 0 saturated heterocycles.